The smallest absolute Gasteiger partial charge is 0.119 e. The molecule has 1 heterocycles. The fraction of sp³-hybridized carbons (Fsp3) is 0.533. The Morgan fingerprint density at radius 1 is 1.10 bits per heavy atom. The van der Waals surface area contributed by atoms with E-state index in [0.29, 0.717) is 18.8 Å². The molecule has 0 spiro atoms. The van der Waals surface area contributed by atoms with Crippen LogP contribution in [0.2, 0.25) is 0 Å². The van der Waals surface area contributed by atoms with Crippen LogP contribution in [0.4, 0.5) is 0 Å². The minimum absolute atomic E-state index is 0.532. The molecule has 2 rings (SSSR count). The lowest BCUT2D eigenvalue weighted by atomic mass is 10.2. The summed E-state index contributed by atoms with van der Waals surface area (Å²) in [6, 6.07) is 9.18. The second-order valence-corrected chi connectivity index (χ2v) is 4.71. The highest BCUT2D eigenvalue weighted by atomic mass is 16.5. The fourth-order valence-electron chi connectivity index (χ4n) is 2.07. The summed E-state index contributed by atoms with van der Waals surface area (Å²) in [5.74, 6) is 0.770. The van der Waals surface area contributed by atoms with Gasteiger partial charge in [-0.15, -0.1) is 0 Å². The predicted octanol–water partition coefficient (Wildman–Crippen LogP) is -0.131. The third-order valence-electron chi connectivity index (χ3n) is 3.28. The number of benzene rings is 1. The first-order valence-electron chi connectivity index (χ1n) is 7.00. The van der Waals surface area contributed by atoms with E-state index in [-0.39, 0.29) is 0 Å². The molecule has 1 fully saturated rings. The lowest BCUT2D eigenvalue weighted by molar-refractivity contribution is -0.908. The summed E-state index contributed by atoms with van der Waals surface area (Å²) in [6.07, 6.45) is 0. The normalized spacial score (nSPS) is 15.8. The van der Waals surface area contributed by atoms with Crippen LogP contribution in [0.15, 0.2) is 24.3 Å². The van der Waals surface area contributed by atoms with Gasteiger partial charge < -0.3 is 19.1 Å². The van der Waals surface area contributed by atoms with Gasteiger partial charge in [-0.25, -0.2) is 0 Å². The number of quaternary nitrogens is 1. The molecule has 1 saturated heterocycles. The third-order valence-corrected chi connectivity index (χ3v) is 3.28. The lowest BCUT2D eigenvalue weighted by Crippen LogP contribution is -3.14. The lowest BCUT2D eigenvalue weighted by Gasteiger charge is -2.23. The number of nitrogens with zero attached hydrogens (tertiary/aromatic N) is 1. The highest BCUT2D eigenvalue weighted by Crippen LogP contribution is 2.11. The van der Waals surface area contributed by atoms with Gasteiger partial charge in [0.15, 0.2) is 0 Å². The maximum atomic E-state index is 8.69. The maximum absolute atomic E-state index is 8.69. The highest BCUT2D eigenvalue weighted by Gasteiger charge is 2.12. The molecule has 0 saturated carbocycles. The van der Waals surface area contributed by atoms with Gasteiger partial charge in [0.1, 0.15) is 32.0 Å². The Labute approximate surface area is 119 Å². The van der Waals surface area contributed by atoms with Crippen LogP contribution in [-0.4, -0.2) is 52.7 Å². The van der Waals surface area contributed by atoms with Gasteiger partial charge in [-0.1, -0.05) is 0 Å². The van der Waals surface area contributed by atoms with Crippen molar-refractivity contribution in [2.24, 2.45) is 0 Å². The van der Waals surface area contributed by atoms with E-state index in [9.17, 15) is 0 Å². The first-order chi connectivity index (χ1) is 9.88. The van der Waals surface area contributed by atoms with Crippen LogP contribution in [0, 0.1) is 11.3 Å². The molecule has 0 amide bonds. The van der Waals surface area contributed by atoms with Gasteiger partial charge in [-0.05, 0) is 24.3 Å². The van der Waals surface area contributed by atoms with Crippen molar-refractivity contribution in [3.05, 3.63) is 29.8 Å². The molecule has 108 valence electrons. The number of hydrogen-bond donors (Lipinski definition) is 1. The number of ether oxygens (including phenoxy) is 3. The van der Waals surface area contributed by atoms with E-state index >= 15 is 0 Å². The molecule has 20 heavy (non-hydrogen) atoms. The van der Waals surface area contributed by atoms with E-state index in [2.05, 4.69) is 6.07 Å². The Bertz CT molecular complexity index is 422. The summed E-state index contributed by atoms with van der Waals surface area (Å²) in [5.41, 5.74) is 0.641. The van der Waals surface area contributed by atoms with Crippen LogP contribution < -0.4 is 9.64 Å². The quantitative estimate of drug-likeness (QED) is 0.705. The summed E-state index contributed by atoms with van der Waals surface area (Å²) in [6.45, 7) is 6.77. The second-order valence-electron chi connectivity index (χ2n) is 4.71. The van der Waals surface area contributed by atoms with Crippen molar-refractivity contribution in [2.45, 2.75) is 0 Å². The summed E-state index contributed by atoms with van der Waals surface area (Å²) >= 11 is 0. The van der Waals surface area contributed by atoms with Crippen LogP contribution in [0.25, 0.3) is 0 Å². The van der Waals surface area contributed by atoms with Gasteiger partial charge >= 0.3 is 0 Å². The molecule has 1 aliphatic heterocycles. The number of rotatable bonds is 7. The molecule has 5 heteroatoms. The highest BCUT2D eigenvalue weighted by molar-refractivity contribution is 5.34. The molecule has 1 aromatic carbocycles. The topological polar surface area (TPSA) is 55.9 Å². The van der Waals surface area contributed by atoms with E-state index in [4.69, 9.17) is 19.5 Å². The maximum Gasteiger partial charge on any atom is 0.119 e. The first-order valence-corrected chi connectivity index (χ1v) is 7.00. The van der Waals surface area contributed by atoms with E-state index in [0.717, 1.165) is 45.2 Å². The monoisotopic (exact) mass is 277 g/mol. The Morgan fingerprint density at radius 2 is 1.85 bits per heavy atom. The fourth-order valence-corrected chi connectivity index (χ4v) is 2.07. The van der Waals surface area contributed by atoms with E-state index < -0.39 is 0 Å². The van der Waals surface area contributed by atoms with E-state index in [1.165, 1.54) is 0 Å². The first kappa shape index (κ1) is 14.8. The number of hydrogen-bond acceptors (Lipinski definition) is 4. The van der Waals surface area contributed by atoms with Crippen LogP contribution in [-0.2, 0) is 9.47 Å². The Morgan fingerprint density at radius 3 is 2.55 bits per heavy atom. The predicted molar refractivity (Wildman–Crippen MR) is 73.9 cm³/mol. The molecule has 0 bridgehead atoms. The van der Waals surface area contributed by atoms with Crippen LogP contribution in [0.5, 0.6) is 5.75 Å². The van der Waals surface area contributed by atoms with Crippen molar-refractivity contribution < 1.29 is 19.1 Å². The molecular weight excluding hydrogens is 256 g/mol. The Kier molecular flexibility index (Phi) is 6.32. The number of nitriles is 1. The zero-order chi connectivity index (χ0) is 14.0. The zero-order valence-corrected chi connectivity index (χ0v) is 11.6. The van der Waals surface area contributed by atoms with Crippen LogP contribution in [0.1, 0.15) is 5.56 Å². The van der Waals surface area contributed by atoms with Crippen molar-refractivity contribution >= 4 is 0 Å². The molecule has 1 aliphatic rings. The summed E-state index contributed by atoms with van der Waals surface area (Å²) in [5, 5.41) is 8.69. The summed E-state index contributed by atoms with van der Waals surface area (Å²) in [4.78, 5) is 1.55. The van der Waals surface area contributed by atoms with Crippen molar-refractivity contribution in [3.8, 4) is 11.8 Å². The molecule has 0 radical (unpaired) electrons. The third kappa shape index (κ3) is 5.17. The standard InChI is InChI=1S/C15H20N2O3/c16-13-14-1-3-15(4-2-14)20-12-11-19-10-7-17-5-8-18-9-6-17/h1-4H,5-12H2/p+1. The molecular formula is C15H21N2O3+. The molecule has 0 aliphatic carbocycles. The van der Waals surface area contributed by atoms with Gasteiger partial charge in [-0.3, -0.25) is 0 Å². The summed E-state index contributed by atoms with van der Waals surface area (Å²) in [7, 11) is 0. The SMILES string of the molecule is N#Cc1ccc(OCCOCC[NH+]2CCOCC2)cc1. The van der Waals surface area contributed by atoms with Crippen LogP contribution in [0.3, 0.4) is 0 Å². The van der Waals surface area contributed by atoms with Gasteiger partial charge in [-0.2, -0.15) is 5.26 Å². The molecule has 0 atom stereocenters. The van der Waals surface area contributed by atoms with E-state index in [1.807, 2.05) is 0 Å². The molecule has 1 N–H and O–H groups in total. The Hall–Kier alpha value is -1.61. The molecule has 5 nitrogen and oxygen atoms in total. The molecule has 0 aromatic heterocycles. The molecule has 0 unspecified atom stereocenters. The number of nitrogens with one attached hydrogen (secondary N) is 1. The molecule has 1 aromatic rings. The largest absolute Gasteiger partial charge is 0.491 e. The van der Waals surface area contributed by atoms with Crippen molar-refractivity contribution in [2.75, 3.05) is 52.7 Å². The van der Waals surface area contributed by atoms with Gasteiger partial charge in [0.25, 0.3) is 0 Å². The number of morpholine rings is 1. The van der Waals surface area contributed by atoms with Gasteiger partial charge in [0.2, 0.25) is 0 Å². The van der Waals surface area contributed by atoms with Crippen LogP contribution >= 0.6 is 0 Å². The average molecular weight is 277 g/mol. The minimum Gasteiger partial charge on any atom is -0.491 e. The van der Waals surface area contributed by atoms with Crippen molar-refractivity contribution in [1.82, 2.24) is 0 Å². The average Bonchev–Trinajstić information content (AvgIpc) is 2.52. The second kappa shape index (κ2) is 8.54. The van der Waals surface area contributed by atoms with Crippen molar-refractivity contribution in [1.29, 1.82) is 5.26 Å². The van der Waals surface area contributed by atoms with Gasteiger partial charge in [0, 0.05) is 0 Å². The van der Waals surface area contributed by atoms with E-state index in [1.54, 1.807) is 29.2 Å². The van der Waals surface area contributed by atoms with Crippen molar-refractivity contribution in [3.63, 3.8) is 0 Å². The summed E-state index contributed by atoms with van der Waals surface area (Å²) < 4.78 is 16.4. The minimum atomic E-state index is 0.532. The Balaban J connectivity index is 1.51. The van der Waals surface area contributed by atoms with Gasteiger partial charge in [0.05, 0.1) is 38.1 Å². The zero-order valence-electron chi connectivity index (χ0n) is 11.6.